The minimum absolute atomic E-state index is 0.235. The Morgan fingerprint density at radius 3 is 2.36 bits per heavy atom. The number of hydrogen-bond donors (Lipinski definition) is 1. The molecule has 0 bridgehead atoms. The molecule has 0 spiro atoms. The van der Waals surface area contributed by atoms with Gasteiger partial charge in [-0.25, -0.2) is 4.79 Å². The van der Waals surface area contributed by atoms with Gasteiger partial charge in [0.15, 0.2) is 0 Å². The molecule has 3 rings (SSSR count). The van der Waals surface area contributed by atoms with Gasteiger partial charge in [-0.05, 0) is 61.2 Å². The second kappa shape index (κ2) is 7.41. The molecule has 0 unspecified atom stereocenters. The minimum atomic E-state index is -0.424. The van der Waals surface area contributed by atoms with Crippen molar-refractivity contribution in [2.24, 2.45) is 0 Å². The summed E-state index contributed by atoms with van der Waals surface area (Å²) in [6.07, 6.45) is 1.64. The van der Waals surface area contributed by atoms with Crippen LogP contribution in [0.2, 0.25) is 0 Å². The van der Waals surface area contributed by atoms with E-state index in [4.69, 9.17) is 4.74 Å². The monoisotopic (exact) mass is 464 g/mol. The van der Waals surface area contributed by atoms with Gasteiger partial charge in [-0.3, -0.25) is 9.69 Å². The molecule has 25 heavy (non-hydrogen) atoms. The van der Waals surface area contributed by atoms with Crippen molar-refractivity contribution in [3.63, 3.8) is 0 Å². The number of imide groups is 1. The number of methoxy groups -OCH3 is 1. The number of urea groups is 1. The van der Waals surface area contributed by atoms with Crippen LogP contribution in [0.4, 0.5) is 4.79 Å². The molecule has 0 atom stereocenters. The largest absolute Gasteiger partial charge is 0.494 e. The van der Waals surface area contributed by atoms with E-state index in [9.17, 15) is 9.59 Å². The highest BCUT2D eigenvalue weighted by Crippen LogP contribution is 2.35. The lowest BCUT2D eigenvalue weighted by Gasteiger charge is -2.11. The Morgan fingerprint density at radius 1 is 1.12 bits per heavy atom. The second-order valence-corrected chi connectivity index (χ2v) is 7.09. The lowest BCUT2D eigenvalue weighted by Crippen LogP contribution is -2.30. The Morgan fingerprint density at radius 2 is 1.76 bits per heavy atom. The third kappa shape index (κ3) is 3.77. The molecule has 2 aromatic rings. The van der Waals surface area contributed by atoms with Crippen LogP contribution in [0.1, 0.15) is 11.1 Å². The number of amides is 3. The van der Waals surface area contributed by atoms with Crippen molar-refractivity contribution >= 4 is 49.9 Å². The highest BCUT2D eigenvalue weighted by molar-refractivity contribution is 9.11. The van der Waals surface area contributed by atoms with Crippen molar-refractivity contribution < 1.29 is 14.3 Å². The van der Waals surface area contributed by atoms with Crippen LogP contribution in [0.25, 0.3) is 6.08 Å². The summed E-state index contributed by atoms with van der Waals surface area (Å²) in [5.41, 5.74) is 1.89. The molecule has 0 radical (unpaired) electrons. The van der Waals surface area contributed by atoms with Gasteiger partial charge < -0.3 is 10.1 Å². The van der Waals surface area contributed by atoms with E-state index in [2.05, 4.69) is 37.2 Å². The first-order valence-corrected chi connectivity index (χ1v) is 8.99. The number of nitrogens with zero attached hydrogens (tertiary/aromatic N) is 1. The summed E-state index contributed by atoms with van der Waals surface area (Å²) in [6.45, 7) is 0.235. The first kappa shape index (κ1) is 17.7. The summed E-state index contributed by atoms with van der Waals surface area (Å²) in [7, 11) is 1.57. The van der Waals surface area contributed by atoms with Gasteiger partial charge in [-0.15, -0.1) is 0 Å². The Bertz CT molecular complexity index is 843. The highest BCUT2D eigenvalue weighted by Gasteiger charge is 2.33. The van der Waals surface area contributed by atoms with Crippen molar-refractivity contribution in [3.05, 3.63) is 68.2 Å². The Balaban J connectivity index is 1.85. The summed E-state index contributed by atoms with van der Waals surface area (Å²) in [5.74, 6) is 0.312. The van der Waals surface area contributed by atoms with Crippen LogP contribution in [-0.2, 0) is 11.3 Å². The predicted molar refractivity (Wildman–Crippen MR) is 102 cm³/mol. The molecular formula is C18H14Br2N2O3. The van der Waals surface area contributed by atoms with Gasteiger partial charge >= 0.3 is 6.03 Å². The third-order valence-electron chi connectivity index (χ3n) is 3.68. The van der Waals surface area contributed by atoms with Crippen LogP contribution >= 0.6 is 31.9 Å². The highest BCUT2D eigenvalue weighted by atomic mass is 79.9. The maximum atomic E-state index is 12.5. The molecule has 1 saturated heterocycles. The number of ether oxygens (including phenoxy) is 1. The van der Waals surface area contributed by atoms with Crippen molar-refractivity contribution in [1.82, 2.24) is 10.2 Å². The lowest BCUT2D eigenvalue weighted by atomic mass is 10.1. The van der Waals surface area contributed by atoms with Crippen LogP contribution < -0.4 is 10.1 Å². The standard InChI is InChI=1S/C18H14Br2N2O3/c1-25-16-13(19)7-12(8-14(16)20)9-15-17(23)22(18(24)21-15)10-11-5-3-2-4-6-11/h2-9H,10H2,1H3,(H,21,24)/b15-9+. The molecule has 1 N–H and O–H groups in total. The molecule has 5 nitrogen and oxygen atoms in total. The first-order chi connectivity index (χ1) is 12.0. The summed E-state index contributed by atoms with van der Waals surface area (Å²) < 4.78 is 6.75. The van der Waals surface area contributed by atoms with E-state index in [1.807, 2.05) is 42.5 Å². The molecule has 0 aromatic heterocycles. The van der Waals surface area contributed by atoms with Gasteiger partial charge in [0.1, 0.15) is 11.4 Å². The lowest BCUT2D eigenvalue weighted by molar-refractivity contribution is -0.123. The zero-order valence-corrected chi connectivity index (χ0v) is 16.4. The van der Waals surface area contributed by atoms with Gasteiger partial charge in [0.25, 0.3) is 5.91 Å². The maximum Gasteiger partial charge on any atom is 0.329 e. The van der Waals surface area contributed by atoms with Crippen molar-refractivity contribution in [1.29, 1.82) is 0 Å². The smallest absolute Gasteiger partial charge is 0.329 e. The average Bonchev–Trinajstić information content (AvgIpc) is 2.83. The molecule has 0 aliphatic carbocycles. The number of hydrogen-bond acceptors (Lipinski definition) is 3. The number of nitrogens with one attached hydrogen (secondary N) is 1. The molecular weight excluding hydrogens is 452 g/mol. The normalized spacial score (nSPS) is 15.6. The fourth-order valence-corrected chi connectivity index (χ4v) is 4.05. The van der Waals surface area contributed by atoms with Crippen molar-refractivity contribution in [2.45, 2.75) is 6.54 Å². The minimum Gasteiger partial charge on any atom is -0.494 e. The fourth-order valence-electron chi connectivity index (χ4n) is 2.51. The van der Waals surface area contributed by atoms with Crippen molar-refractivity contribution in [2.75, 3.05) is 7.11 Å². The summed E-state index contributed by atoms with van der Waals surface area (Å²) in [6, 6.07) is 12.6. The van der Waals surface area contributed by atoms with E-state index in [1.54, 1.807) is 13.2 Å². The second-order valence-electron chi connectivity index (χ2n) is 5.38. The fraction of sp³-hybridized carbons (Fsp3) is 0.111. The van der Waals surface area contributed by atoms with Gasteiger partial charge in [0, 0.05) is 0 Å². The third-order valence-corrected chi connectivity index (χ3v) is 4.86. The van der Waals surface area contributed by atoms with Crippen molar-refractivity contribution in [3.8, 4) is 5.75 Å². The Kier molecular flexibility index (Phi) is 5.24. The maximum absolute atomic E-state index is 12.5. The molecule has 7 heteroatoms. The molecule has 128 valence electrons. The predicted octanol–water partition coefficient (Wildman–Crippen LogP) is 4.31. The van der Waals surface area contributed by atoms with Crippen LogP contribution in [0.15, 0.2) is 57.1 Å². The number of benzene rings is 2. The molecule has 1 aliphatic rings. The van der Waals surface area contributed by atoms with Gasteiger partial charge in [-0.1, -0.05) is 30.3 Å². The van der Waals surface area contributed by atoms with Gasteiger partial charge in [0.2, 0.25) is 0 Å². The zero-order valence-electron chi connectivity index (χ0n) is 13.3. The van der Waals surface area contributed by atoms with Gasteiger partial charge in [0.05, 0.1) is 22.6 Å². The van der Waals surface area contributed by atoms with Crippen LogP contribution in [-0.4, -0.2) is 23.9 Å². The van der Waals surface area contributed by atoms with Crippen LogP contribution in [0, 0.1) is 0 Å². The van der Waals surface area contributed by atoms with E-state index < -0.39 is 6.03 Å². The summed E-state index contributed by atoms with van der Waals surface area (Å²) in [5, 5.41) is 2.63. The van der Waals surface area contributed by atoms with E-state index in [1.165, 1.54) is 4.90 Å². The topological polar surface area (TPSA) is 58.6 Å². The number of rotatable bonds is 4. The Labute approximate surface area is 161 Å². The molecule has 2 aromatic carbocycles. The number of carbonyl (C=O) groups is 2. The average molecular weight is 466 g/mol. The Hall–Kier alpha value is -2.12. The quantitative estimate of drug-likeness (QED) is 0.540. The van der Waals surface area contributed by atoms with Crippen LogP contribution in [0.5, 0.6) is 5.75 Å². The molecule has 1 heterocycles. The van der Waals surface area contributed by atoms with E-state index in [-0.39, 0.29) is 18.1 Å². The molecule has 1 fully saturated rings. The zero-order chi connectivity index (χ0) is 18.0. The molecule has 1 aliphatic heterocycles. The van der Waals surface area contributed by atoms with Gasteiger partial charge in [-0.2, -0.15) is 0 Å². The first-order valence-electron chi connectivity index (χ1n) is 7.41. The van der Waals surface area contributed by atoms with E-state index >= 15 is 0 Å². The van der Waals surface area contributed by atoms with E-state index in [0.717, 1.165) is 20.1 Å². The number of carbonyl (C=O) groups excluding carboxylic acids is 2. The number of halogens is 2. The molecule has 3 amide bonds. The van der Waals surface area contributed by atoms with Crippen LogP contribution in [0.3, 0.4) is 0 Å². The molecule has 0 saturated carbocycles. The van der Waals surface area contributed by atoms with E-state index in [0.29, 0.717) is 5.75 Å². The SMILES string of the molecule is COc1c(Br)cc(/C=C2/NC(=O)N(Cc3ccccc3)C2=O)cc1Br. The summed E-state index contributed by atoms with van der Waals surface area (Å²) >= 11 is 6.85. The summed E-state index contributed by atoms with van der Waals surface area (Å²) in [4.78, 5) is 25.9.